The molecule has 0 aliphatic heterocycles. The molecule has 0 bridgehead atoms. The van der Waals surface area contributed by atoms with Crippen LogP contribution in [0.15, 0.2) is 48.7 Å². The summed E-state index contributed by atoms with van der Waals surface area (Å²) >= 11 is 0. The van der Waals surface area contributed by atoms with Gasteiger partial charge in [-0.05, 0) is 49.6 Å². The average Bonchev–Trinajstić information content (AvgIpc) is 3.12. The van der Waals surface area contributed by atoms with E-state index in [1.165, 1.54) is 0 Å². The van der Waals surface area contributed by atoms with Crippen molar-refractivity contribution in [3.05, 3.63) is 65.6 Å². The molecule has 1 N–H and O–H groups in total. The molecule has 2 aromatic heterocycles. The smallest absolute Gasteiger partial charge is 0.157 e. The molecule has 3 aromatic rings. The Morgan fingerprint density at radius 2 is 1.89 bits per heavy atom. The minimum Gasteiger partial charge on any atom is -0.379 e. The van der Waals surface area contributed by atoms with E-state index in [9.17, 15) is 8.42 Å². The Morgan fingerprint density at radius 1 is 1.11 bits per heavy atom. The summed E-state index contributed by atoms with van der Waals surface area (Å²) in [5.41, 5.74) is 4.80. The number of imidazole rings is 1. The third-order valence-corrected chi connectivity index (χ3v) is 7.80. The van der Waals surface area contributed by atoms with Gasteiger partial charge in [0, 0.05) is 17.6 Å². The molecule has 1 aliphatic carbocycles. The number of hydrogen-bond acceptors (Lipinski definition) is 4. The van der Waals surface area contributed by atoms with Crippen molar-refractivity contribution in [2.45, 2.75) is 56.6 Å². The average molecular weight is 398 g/mol. The number of sulfone groups is 1. The van der Waals surface area contributed by atoms with Crippen LogP contribution in [0.2, 0.25) is 0 Å². The van der Waals surface area contributed by atoms with E-state index < -0.39 is 9.84 Å². The van der Waals surface area contributed by atoms with Gasteiger partial charge in [-0.1, -0.05) is 37.5 Å². The van der Waals surface area contributed by atoms with Gasteiger partial charge in [-0.3, -0.25) is 0 Å². The van der Waals surface area contributed by atoms with Gasteiger partial charge in [-0.15, -0.1) is 0 Å². The molecule has 6 heteroatoms. The summed E-state index contributed by atoms with van der Waals surface area (Å²) in [6, 6.07) is 13.8. The highest BCUT2D eigenvalue weighted by molar-refractivity contribution is 7.91. The predicted molar refractivity (Wildman–Crippen MR) is 113 cm³/mol. The number of benzene rings is 1. The van der Waals surface area contributed by atoms with Gasteiger partial charge < -0.3 is 9.72 Å². The molecule has 0 radical (unpaired) electrons. The lowest BCUT2D eigenvalue weighted by atomic mass is 10.0. The molecule has 0 saturated heterocycles. The van der Waals surface area contributed by atoms with Crippen molar-refractivity contribution < 1.29 is 8.42 Å². The van der Waals surface area contributed by atoms with E-state index >= 15 is 0 Å². The van der Waals surface area contributed by atoms with E-state index in [4.69, 9.17) is 0 Å². The number of rotatable bonds is 6. The number of nitrogens with zero attached hydrogens (tertiary/aromatic N) is 2. The molecular weight excluding hydrogens is 370 g/mol. The van der Waals surface area contributed by atoms with Gasteiger partial charge in [0.25, 0.3) is 0 Å². The first-order valence-electron chi connectivity index (χ1n) is 9.99. The maximum absolute atomic E-state index is 12.7. The van der Waals surface area contributed by atoms with Crippen LogP contribution < -0.4 is 5.32 Å². The van der Waals surface area contributed by atoms with E-state index in [1.807, 2.05) is 42.6 Å². The Kier molecular flexibility index (Phi) is 5.40. The van der Waals surface area contributed by atoms with Gasteiger partial charge in [0.05, 0.1) is 23.2 Å². The lowest BCUT2D eigenvalue weighted by molar-refractivity contribution is 0.483. The summed E-state index contributed by atoms with van der Waals surface area (Å²) < 4.78 is 27.6. The molecular formula is C22H27N3O2S. The molecule has 4 rings (SSSR count). The van der Waals surface area contributed by atoms with E-state index in [1.54, 1.807) is 0 Å². The van der Waals surface area contributed by atoms with Crippen LogP contribution in [-0.4, -0.2) is 23.1 Å². The first-order valence-corrected chi connectivity index (χ1v) is 11.7. The minimum atomic E-state index is -3.09. The lowest BCUT2D eigenvalue weighted by Gasteiger charge is -2.21. The summed E-state index contributed by atoms with van der Waals surface area (Å²) in [6.07, 6.45) is 6.89. The monoisotopic (exact) mass is 397 g/mol. The van der Waals surface area contributed by atoms with Crippen LogP contribution in [0.25, 0.3) is 5.65 Å². The summed E-state index contributed by atoms with van der Waals surface area (Å²) in [6.45, 7) is 2.65. The molecule has 1 aromatic carbocycles. The highest BCUT2D eigenvalue weighted by Gasteiger charge is 2.27. The Hall–Kier alpha value is -2.34. The number of nitrogens with one attached hydrogen (secondary N) is 1. The Balaban J connectivity index is 1.44. The van der Waals surface area contributed by atoms with Crippen LogP contribution in [0, 0.1) is 6.92 Å². The number of pyridine rings is 1. The van der Waals surface area contributed by atoms with Gasteiger partial charge in [0.15, 0.2) is 9.84 Å². The fourth-order valence-electron chi connectivity index (χ4n) is 4.02. The summed E-state index contributed by atoms with van der Waals surface area (Å²) in [7, 11) is -3.09. The van der Waals surface area contributed by atoms with Crippen LogP contribution in [0.1, 0.15) is 49.1 Å². The highest BCUT2D eigenvalue weighted by atomic mass is 32.2. The number of anilines is 1. The van der Waals surface area contributed by atoms with Crippen LogP contribution in [-0.2, 0) is 22.1 Å². The topological polar surface area (TPSA) is 63.5 Å². The second-order valence-corrected chi connectivity index (χ2v) is 10.0. The fourth-order valence-corrected chi connectivity index (χ4v) is 5.95. The highest BCUT2D eigenvalue weighted by Crippen LogP contribution is 2.26. The molecule has 5 nitrogen and oxygen atoms in total. The van der Waals surface area contributed by atoms with Crippen LogP contribution in [0.3, 0.4) is 0 Å². The van der Waals surface area contributed by atoms with Gasteiger partial charge in [-0.25, -0.2) is 13.4 Å². The maximum Gasteiger partial charge on any atom is 0.157 e. The molecule has 1 aliphatic rings. The first-order chi connectivity index (χ1) is 13.5. The van der Waals surface area contributed by atoms with Gasteiger partial charge in [-0.2, -0.15) is 0 Å². The van der Waals surface area contributed by atoms with Crippen molar-refractivity contribution in [1.29, 1.82) is 0 Å². The molecule has 0 atom stereocenters. The molecule has 0 unspecified atom stereocenters. The Labute approximate surface area is 166 Å². The van der Waals surface area contributed by atoms with Crippen LogP contribution in [0.5, 0.6) is 0 Å². The predicted octanol–water partition coefficient (Wildman–Crippen LogP) is 4.50. The number of fused-ring (bicyclic) bond motifs is 1. The van der Waals surface area contributed by atoms with Gasteiger partial charge in [0.2, 0.25) is 0 Å². The lowest BCUT2D eigenvalue weighted by Crippen LogP contribution is -2.25. The fraction of sp³-hybridized carbons (Fsp3) is 0.409. The zero-order valence-corrected chi connectivity index (χ0v) is 17.1. The van der Waals surface area contributed by atoms with Crippen molar-refractivity contribution in [2.75, 3.05) is 5.32 Å². The Bertz CT molecular complexity index is 1070. The first kappa shape index (κ1) is 19.0. The van der Waals surface area contributed by atoms with Gasteiger partial charge >= 0.3 is 0 Å². The van der Waals surface area contributed by atoms with E-state index in [2.05, 4.69) is 27.7 Å². The quantitative estimate of drug-likeness (QED) is 0.665. The van der Waals surface area contributed by atoms with Crippen molar-refractivity contribution >= 4 is 21.2 Å². The largest absolute Gasteiger partial charge is 0.379 e. The third-order valence-electron chi connectivity index (χ3n) is 5.57. The molecule has 28 heavy (non-hydrogen) atoms. The summed E-state index contributed by atoms with van der Waals surface area (Å²) in [5, 5.41) is 3.21. The van der Waals surface area contributed by atoms with Crippen molar-refractivity contribution in [3.8, 4) is 0 Å². The molecule has 1 saturated carbocycles. The minimum absolute atomic E-state index is 0.126. The summed E-state index contributed by atoms with van der Waals surface area (Å²) in [4.78, 5) is 4.64. The van der Waals surface area contributed by atoms with E-state index in [-0.39, 0.29) is 11.0 Å². The van der Waals surface area contributed by atoms with Crippen molar-refractivity contribution in [2.24, 2.45) is 0 Å². The molecule has 0 amide bonds. The molecule has 0 spiro atoms. The van der Waals surface area contributed by atoms with Crippen molar-refractivity contribution in [3.63, 3.8) is 0 Å². The molecule has 1 fully saturated rings. The zero-order valence-electron chi connectivity index (χ0n) is 16.3. The second-order valence-electron chi connectivity index (χ2n) is 7.75. The number of aromatic nitrogens is 2. The van der Waals surface area contributed by atoms with Crippen LogP contribution in [0.4, 0.5) is 5.69 Å². The zero-order chi connectivity index (χ0) is 19.6. The SMILES string of the molecule is Cc1cccc2nc(CNc3cccc(CS(=O)(=O)C4CCCCC4)c3)cn12. The summed E-state index contributed by atoms with van der Waals surface area (Å²) in [5.74, 6) is 0.126. The standard InChI is InChI=1S/C22H27N3O2S/c1-17-7-5-12-22-24-20(15-25(17)22)14-23-19-9-6-8-18(13-19)16-28(26,27)21-10-3-2-4-11-21/h5-9,12-13,15,21,23H,2-4,10-11,14,16H2,1H3. The maximum atomic E-state index is 12.7. The van der Waals surface area contributed by atoms with Gasteiger partial charge in [0.1, 0.15) is 5.65 Å². The van der Waals surface area contributed by atoms with E-state index in [0.717, 1.165) is 60.4 Å². The third kappa shape index (κ3) is 4.22. The number of hydrogen-bond donors (Lipinski definition) is 1. The second kappa shape index (κ2) is 7.95. The normalized spacial score (nSPS) is 15.8. The van der Waals surface area contributed by atoms with E-state index in [0.29, 0.717) is 6.54 Å². The number of aryl methyl sites for hydroxylation is 1. The van der Waals surface area contributed by atoms with Crippen LogP contribution >= 0.6 is 0 Å². The molecule has 2 heterocycles. The van der Waals surface area contributed by atoms with Crippen molar-refractivity contribution in [1.82, 2.24) is 9.38 Å². The Morgan fingerprint density at radius 3 is 2.68 bits per heavy atom. The molecule has 148 valence electrons.